The second-order valence-corrected chi connectivity index (χ2v) is 7.39. The van der Waals surface area contributed by atoms with Crippen molar-refractivity contribution in [1.82, 2.24) is 5.01 Å². The lowest BCUT2D eigenvalue weighted by molar-refractivity contribution is -0.137. The molecule has 1 saturated heterocycles. The molecule has 0 bridgehead atoms. The fraction of sp³-hybridized carbons (Fsp3) is 0.500. The maximum absolute atomic E-state index is 13.1. The van der Waals surface area contributed by atoms with Crippen LogP contribution in [0, 0.1) is 12.8 Å². The number of hydrogen-bond donors (Lipinski definition) is 0. The van der Waals surface area contributed by atoms with Crippen molar-refractivity contribution in [2.75, 3.05) is 6.54 Å². The SMILES string of the molecule is Cc1ccc(C(F)(F)F)cc1C1CCCN2N=C(Br)C(C)CC=C12. The maximum Gasteiger partial charge on any atom is 0.416 e. The van der Waals surface area contributed by atoms with Crippen LogP contribution in [0.15, 0.2) is 35.1 Å². The lowest BCUT2D eigenvalue weighted by Crippen LogP contribution is -2.29. The van der Waals surface area contributed by atoms with Crippen molar-refractivity contribution in [2.24, 2.45) is 11.0 Å². The van der Waals surface area contributed by atoms with Crippen LogP contribution in [0.5, 0.6) is 0 Å². The molecule has 0 aromatic heterocycles. The highest BCUT2D eigenvalue weighted by Gasteiger charge is 2.34. The predicted octanol–water partition coefficient (Wildman–Crippen LogP) is 5.83. The molecule has 2 nitrogen and oxygen atoms in total. The molecular formula is C18H20BrF3N2. The van der Waals surface area contributed by atoms with E-state index in [9.17, 15) is 13.2 Å². The molecule has 3 rings (SSSR count). The molecule has 0 aliphatic carbocycles. The number of benzene rings is 1. The summed E-state index contributed by atoms with van der Waals surface area (Å²) in [6, 6.07) is 4.06. The molecule has 130 valence electrons. The van der Waals surface area contributed by atoms with Gasteiger partial charge in [0.05, 0.1) is 5.56 Å². The van der Waals surface area contributed by atoms with E-state index < -0.39 is 11.7 Å². The molecule has 0 saturated carbocycles. The summed E-state index contributed by atoms with van der Waals surface area (Å²) in [5.74, 6) is 0.252. The zero-order chi connectivity index (χ0) is 17.5. The highest BCUT2D eigenvalue weighted by Crippen LogP contribution is 2.41. The molecular weight excluding hydrogens is 381 g/mol. The Bertz CT molecular complexity index is 694. The third kappa shape index (κ3) is 3.39. The van der Waals surface area contributed by atoms with Crippen LogP contribution in [0.2, 0.25) is 0 Å². The first-order chi connectivity index (χ1) is 11.3. The number of hydrazone groups is 1. The molecule has 0 amide bonds. The van der Waals surface area contributed by atoms with Gasteiger partial charge in [-0.3, -0.25) is 5.01 Å². The van der Waals surface area contributed by atoms with Gasteiger partial charge in [-0.25, -0.2) is 0 Å². The van der Waals surface area contributed by atoms with Gasteiger partial charge in [0.15, 0.2) is 0 Å². The first-order valence-electron chi connectivity index (χ1n) is 8.16. The van der Waals surface area contributed by atoms with Gasteiger partial charge < -0.3 is 0 Å². The second kappa shape index (κ2) is 6.54. The number of alkyl halides is 3. The zero-order valence-electron chi connectivity index (χ0n) is 13.7. The highest BCUT2D eigenvalue weighted by atomic mass is 79.9. The number of piperidine rings is 1. The largest absolute Gasteiger partial charge is 0.416 e. The summed E-state index contributed by atoms with van der Waals surface area (Å²) in [6.45, 7) is 4.78. The van der Waals surface area contributed by atoms with Crippen LogP contribution < -0.4 is 0 Å². The lowest BCUT2D eigenvalue weighted by atomic mass is 9.84. The molecule has 0 radical (unpaired) electrons. The molecule has 1 fully saturated rings. The predicted molar refractivity (Wildman–Crippen MR) is 93.1 cm³/mol. The van der Waals surface area contributed by atoms with Crippen molar-refractivity contribution in [2.45, 2.75) is 45.2 Å². The van der Waals surface area contributed by atoms with Gasteiger partial charge in [-0.15, -0.1) is 0 Å². The number of fused-ring (bicyclic) bond motifs is 1. The van der Waals surface area contributed by atoms with E-state index in [-0.39, 0.29) is 11.8 Å². The average Bonchev–Trinajstić information content (AvgIpc) is 2.66. The van der Waals surface area contributed by atoms with Crippen LogP contribution in [0.4, 0.5) is 13.2 Å². The van der Waals surface area contributed by atoms with Gasteiger partial charge in [-0.05, 0) is 65.4 Å². The van der Waals surface area contributed by atoms with Gasteiger partial charge in [-0.2, -0.15) is 18.3 Å². The van der Waals surface area contributed by atoms with Crippen molar-refractivity contribution >= 4 is 20.6 Å². The highest BCUT2D eigenvalue weighted by molar-refractivity contribution is 9.18. The molecule has 1 aromatic carbocycles. The Kier molecular flexibility index (Phi) is 4.78. The number of hydrogen-bond acceptors (Lipinski definition) is 2. The molecule has 2 aliphatic heterocycles. The standard InChI is InChI=1S/C18H20BrF3N2/c1-11-5-7-13(18(20,21)22)10-15(11)14-4-3-9-24-16(14)8-6-12(2)17(19)23-24/h5,7-8,10,12,14H,3-4,6,9H2,1-2H3. The Balaban J connectivity index is 2.03. The summed E-state index contributed by atoms with van der Waals surface area (Å²) in [7, 11) is 0. The van der Waals surface area contributed by atoms with E-state index in [4.69, 9.17) is 0 Å². The van der Waals surface area contributed by atoms with Crippen LogP contribution in [-0.4, -0.2) is 16.2 Å². The number of halogens is 4. The molecule has 2 heterocycles. The lowest BCUT2D eigenvalue weighted by Gasteiger charge is -2.34. The zero-order valence-corrected chi connectivity index (χ0v) is 15.3. The topological polar surface area (TPSA) is 15.6 Å². The minimum atomic E-state index is -4.32. The van der Waals surface area contributed by atoms with Crippen molar-refractivity contribution in [3.63, 3.8) is 0 Å². The van der Waals surface area contributed by atoms with E-state index in [1.165, 1.54) is 6.07 Å². The van der Waals surface area contributed by atoms with Gasteiger partial charge in [0.2, 0.25) is 0 Å². The molecule has 6 heteroatoms. The van der Waals surface area contributed by atoms with Gasteiger partial charge in [-0.1, -0.05) is 19.1 Å². The summed E-state index contributed by atoms with van der Waals surface area (Å²) >= 11 is 3.52. The van der Waals surface area contributed by atoms with E-state index in [2.05, 4.69) is 34.0 Å². The third-order valence-corrected chi connectivity index (χ3v) is 5.74. The van der Waals surface area contributed by atoms with E-state index in [0.717, 1.165) is 53.3 Å². The summed E-state index contributed by atoms with van der Waals surface area (Å²) in [5, 5.41) is 6.59. The minimum absolute atomic E-state index is 0.0320. The molecule has 2 aliphatic rings. The fourth-order valence-corrected chi connectivity index (χ4v) is 3.75. The Labute approximate surface area is 148 Å². The van der Waals surface area contributed by atoms with Crippen LogP contribution in [0.25, 0.3) is 0 Å². The van der Waals surface area contributed by atoms with Crippen molar-refractivity contribution < 1.29 is 13.2 Å². The maximum atomic E-state index is 13.1. The fourth-order valence-electron chi connectivity index (χ4n) is 3.37. The third-order valence-electron chi connectivity index (χ3n) is 4.80. The summed E-state index contributed by atoms with van der Waals surface area (Å²) in [4.78, 5) is 0. The van der Waals surface area contributed by atoms with Crippen LogP contribution in [0.1, 0.15) is 48.8 Å². The molecule has 2 unspecified atom stereocenters. The minimum Gasteiger partial charge on any atom is -0.269 e. The van der Waals surface area contributed by atoms with E-state index >= 15 is 0 Å². The first kappa shape index (κ1) is 17.5. The van der Waals surface area contributed by atoms with E-state index in [1.54, 1.807) is 6.07 Å². The quantitative estimate of drug-likeness (QED) is 0.579. The monoisotopic (exact) mass is 400 g/mol. The Morgan fingerprint density at radius 2 is 2.04 bits per heavy atom. The van der Waals surface area contributed by atoms with Crippen LogP contribution in [-0.2, 0) is 6.18 Å². The molecule has 2 atom stereocenters. The summed E-state index contributed by atoms with van der Waals surface area (Å²) in [5.41, 5.74) is 2.12. The Hall–Kier alpha value is -1.30. The number of rotatable bonds is 1. The molecule has 0 spiro atoms. The summed E-state index contributed by atoms with van der Waals surface area (Å²) < 4.78 is 40.2. The smallest absolute Gasteiger partial charge is 0.269 e. The van der Waals surface area contributed by atoms with E-state index in [0.29, 0.717) is 0 Å². The average molecular weight is 401 g/mol. The van der Waals surface area contributed by atoms with E-state index in [1.807, 2.05) is 11.9 Å². The van der Waals surface area contributed by atoms with Crippen molar-refractivity contribution in [1.29, 1.82) is 0 Å². The number of aryl methyl sites for hydroxylation is 1. The molecule has 24 heavy (non-hydrogen) atoms. The number of nitrogens with zero attached hydrogens (tertiary/aromatic N) is 2. The first-order valence-corrected chi connectivity index (χ1v) is 8.96. The Morgan fingerprint density at radius 3 is 2.75 bits per heavy atom. The van der Waals surface area contributed by atoms with Gasteiger partial charge in [0.25, 0.3) is 0 Å². The van der Waals surface area contributed by atoms with Crippen molar-refractivity contribution in [3.8, 4) is 0 Å². The Morgan fingerprint density at radius 1 is 1.29 bits per heavy atom. The number of allylic oxidation sites excluding steroid dienone is 2. The van der Waals surface area contributed by atoms with Gasteiger partial charge >= 0.3 is 6.18 Å². The van der Waals surface area contributed by atoms with Gasteiger partial charge in [0.1, 0.15) is 4.62 Å². The normalized spacial score (nSPS) is 24.8. The van der Waals surface area contributed by atoms with Gasteiger partial charge in [0, 0.05) is 24.1 Å². The summed E-state index contributed by atoms with van der Waals surface area (Å²) in [6.07, 6.45) is 0.433. The van der Waals surface area contributed by atoms with Crippen LogP contribution >= 0.6 is 15.9 Å². The molecule has 0 N–H and O–H groups in total. The van der Waals surface area contributed by atoms with Crippen molar-refractivity contribution in [3.05, 3.63) is 46.7 Å². The second-order valence-electron chi connectivity index (χ2n) is 6.58. The molecule has 1 aromatic rings. The van der Waals surface area contributed by atoms with Crippen LogP contribution in [0.3, 0.4) is 0 Å².